The average Bonchev–Trinajstić information content (AvgIpc) is 2.40. The molecule has 0 spiro atoms. The Balaban J connectivity index is 1.69. The zero-order valence-electron chi connectivity index (χ0n) is 11.5. The zero-order chi connectivity index (χ0) is 12.8. The number of carbonyl (C=O) groups excluding carboxylic acids is 1. The molecule has 0 heterocycles. The second-order valence-electron chi connectivity index (χ2n) is 6.11. The van der Waals surface area contributed by atoms with Crippen LogP contribution in [0, 0.1) is 17.8 Å². The second-order valence-corrected chi connectivity index (χ2v) is 6.11. The molecule has 2 aliphatic carbocycles. The van der Waals surface area contributed by atoms with E-state index in [1.807, 2.05) is 6.21 Å². The molecule has 0 unspecified atom stereocenters. The van der Waals surface area contributed by atoms with Crippen LogP contribution in [-0.2, 0) is 4.79 Å². The van der Waals surface area contributed by atoms with E-state index in [4.69, 9.17) is 0 Å². The number of nitrogens with zero attached hydrogens (tertiary/aromatic N) is 1. The largest absolute Gasteiger partial charge is 0.273 e. The predicted octanol–water partition coefficient (Wildman–Crippen LogP) is 3.50. The Kier molecular flexibility index (Phi) is 5.21. The Morgan fingerprint density at radius 1 is 1.06 bits per heavy atom. The van der Waals surface area contributed by atoms with Gasteiger partial charge in [0.2, 0.25) is 5.91 Å². The van der Waals surface area contributed by atoms with Crippen LogP contribution in [0.15, 0.2) is 5.10 Å². The molecular formula is C15H26N2O. The highest BCUT2D eigenvalue weighted by Gasteiger charge is 2.23. The van der Waals surface area contributed by atoms with Crippen molar-refractivity contribution in [2.45, 2.75) is 64.7 Å². The van der Waals surface area contributed by atoms with E-state index in [0.717, 1.165) is 18.8 Å². The molecule has 0 saturated heterocycles. The van der Waals surface area contributed by atoms with Crippen molar-refractivity contribution < 1.29 is 4.79 Å². The first-order chi connectivity index (χ1) is 8.75. The van der Waals surface area contributed by atoms with E-state index < -0.39 is 0 Å². The molecule has 0 atom stereocenters. The molecule has 2 rings (SSSR count). The van der Waals surface area contributed by atoms with E-state index in [0.29, 0.717) is 5.92 Å². The van der Waals surface area contributed by atoms with Crippen LogP contribution in [0.4, 0.5) is 0 Å². The van der Waals surface area contributed by atoms with Gasteiger partial charge < -0.3 is 0 Å². The van der Waals surface area contributed by atoms with Crippen LogP contribution in [0.1, 0.15) is 64.7 Å². The van der Waals surface area contributed by atoms with E-state index in [2.05, 4.69) is 17.5 Å². The molecule has 0 aromatic rings. The van der Waals surface area contributed by atoms with Crippen LogP contribution in [0.25, 0.3) is 0 Å². The summed E-state index contributed by atoms with van der Waals surface area (Å²) >= 11 is 0. The zero-order valence-corrected chi connectivity index (χ0v) is 11.5. The quantitative estimate of drug-likeness (QED) is 0.604. The highest BCUT2D eigenvalue weighted by atomic mass is 16.2. The fourth-order valence-corrected chi connectivity index (χ4v) is 3.10. The number of carbonyl (C=O) groups is 1. The summed E-state index contributed by atoms with van der Waals surface area (Å²) in [6, 6.07) is 0. The van der Waals surface area contributed by atoms with E-state index in [-0.39, 0.29) is 11.8 Å². The van der Waals surface area contributed by atoms with Gasteiger partial charge in [-0.25, -0.2) is 5.43 Å². The number of hydrazone groups is 1. The lowest BCUT2D eigenvalue weighted by Gasteiger charge is -2.24. The number of nitrogens with one attached hydrogen (secondary N) is 1. The summed E-state index contributed by atoms with van der Waals surface area (Å²) < 4.78 is 0. The van der Waals surface area contributed by atoms with Crippen LogP contribution in [-0.4, -0.2) is 12.1 Å². The molecule has 0 aromatic carbocycles. The maximum atomic E-state index is 11.9. The first-order valence-electron chi connectivity index (χ1n) is 7.58. The fraction of sp³-hybridized carbons (Fsp3) is 0.867. The number of rotatable bonds is 3. The van der Waals surface area contributed by atoms with Crippen molar-refractivity contribution in [3.8, 4) is 0 Å². The molecule has 2 saturated carbocycles. The van der Waals surface area contributed by atoms with Gasteiger partial charge in [0.15, 0.2) is 0 Å². The van der Waals surface area contributed by atoms with Crippen LogP contribution in [0.5, 0.6) is 0 Å². The minimum atomic E-state index is 0.133. The number of hydrogen-bond acceptors (Lipinski definition) is 2. The molecule has 0 radical (unpaired) electrons. The van der Waals surface area contributed by atoms with Gasteiger partial charge in [-0.3, -0.25) is 4.79 Å². The molecular weight excluding hydrogens is 224 g/mol. The number of hydrogen-bond donors (Lipinski definition) is 1. The lowest BCUT2D eigenvalue weighted by Crippen LogP contribution is -2.30. The molecule has 0 aromatic heterocycles. The van der Waals surface area contributed by atoms with E-state index in [1.54, 1.807) is 0 Å². The van der Waals surface area contributed by atoms with Gasteiger partial charge in [-0.2, -0.15) is 5.10 Å². The SMILES string of the molecule is CC1CCC(C(=O)N/N=C/C2CCCCC2)CC1. The highest BCUT2D eigenvalue weighted by Crippen LogP contribution is 2.28. The maximum Gasteiger partial charge on any atom is 0.243 e. The predicted molar refractivity (Wildman–Crippen MR) is 74.3 cm³/mol. The normalized spacial score (nSPS) is 30.5. The van der Waals surface area contributed by atoms with Crippen molar-refractivity contribution in [2.75, 3.05) is 0 Å². The smallest absolute Gasteiger partial charge is 0.243 e. The molecule has 3 nitrogen and oxygen atoms in total. The topological polar surface area (TPSA) is 41.5 Å². The number of amides is 1. The third-order valence-corrected chi connectivity index (χ3v) is 4.50. The van der Waals surface area contributed by atoms with Crippen LogP contribution in [0.2, 0.25) is 0 Å². The van der Waals surface area contributed by atoms with E-state index in [9.17, 15) is 4.79 Å². The lowest BCUT2D eigenvalue weighted by atomic mass is 9.83. The molecule has 102 valence electrons. The Hall–Kier alpha value is -0.860. The van der Waals surface area contributed by atoms with Gasteiger partial charge in [-0.15, -0.1) is 0 Å². The minimum absolute atomic E-state index is 0.133. The Morgan fingerprint density at radius 2 is 1.72 bits per heavy atom. The van der Waals surface area contributed by atoms with Gasteiger partial charge in [0.25, 0.3) is 0 Å². The van der Waals surface area contributed by atoms with Crippen molar-refractivity contribution in [1.29, 1.82) is 0 Å². The summed E-state index contributed by atoms with van der Waals surface area (Å²) in [7, 11) is 0. The molecule has 2 fully saturated rings. The molecule has 18 heavy (non-hydrogen) atoms. The fourth-order valence-electron chi connectivity index (χ4n) is 3.10. The molecule has 1 N–H and O–H groups in total. The molecule has 3 heteroatoms. The standard InChI is InChI=1S/C15H26N2O/c1-12-7-9-14(10-8-12)15(18)17-16-11-13-5-3-2-4-6-13/h11-14H,2-10H2,1H3,(H,17,18)/b16-11+. The Morgan fingerprint density at radius 3 is 2.39 bits per heavy atom. The molecule has 2 aliphatic rings. The molecule has 0 aliphatic heterocycles. The van der Waals surface area contributed by atoms with Gasteiger partial charge in [-0.1, -0.05) is 26.2 Å². The minimum Gasteiger partial charge on any atom is -0.273 e. The summed E-state index contributed by atoms with van der Waals surface area (Å²) in [5.41, 5.74) is 2.75. The first-order valence-corrected chi connectivity index (χ1v) is 7.58. The van der Waals surface area contributed by atoms with Crippen LogP contribution < -0.4 is 5.43 Å². The highest BCUT2D eigenvalue weighted by molar-refractivity contribution is 5.79. The summed E-state index contributed by atoms with van der Waals surface area (Å²) in [4.78, 5) is 11.9. The maximum absolute atomic E-state index is 11.9. The molecule has 0 bridgehead atoms. The summed E-state index contributed by atoms with van der Waals surface area (Å²) in [5, 5.41) is 4.16. The average molecular weight is 250 g/mol. The van der Waals surface area contributed by atoms with Crippen LogP contribution in [0.3, 0.4) is 0 Å². The Labute approximate surface area is 110 Å². The molecule has 1 amide bonds. The summed E-state index contributed by atoms with van der Waals surface area (Å²) in [6.07, 6.45) is 12.9. The third-order valence-electron chi connectivity index (χ3n) is 4.50. The summed E-state index contributed by atoms with van der Waals surface area (Å²) in [6.45, 7) is 2.27. The lowest BCUT2D eigenvalue weighted by molar-refractivity contribution is -0.126. The second kappa shape index (κ2) is 6.91. The Bertz CT molecular complexity index is 287. The van der Waals surface area contributed by atoms with Crippen molar-refractivity contribution >= 4 is 12.1 Å². The van der Waals surface area contributed by atoms with E-state index >= 15 is 0 Å². The van der Waals surface area contributed by atoms with E-state index in [1.165, 1.54) is 44.9 Å². The first kappa shape index (κ1) is 13.6. The third kappa shape index (κ3) is 4.11. The van der Waals surface area contributed by atoms with Gasteiger partial charge >= 0.3 is 0 Å². The van der Waals surface area contributed by atoms with Gasteiger partial charge in [-0.05, 0) is 50.4 Å². The van der Waals surface area contributed by atoms with Crippen molar-refractivity contribution in [3.05, 3.63) is 0 Å². The van der Waals surface area contributed by atoms with Crippen molar-refractivity contribution in [1.82, 2.24) is 5.43 Å². The van der Waals surface area contributed by atoms with Crippen molar-refractivity contribution in [2.24, 2.45) is 22.9 Å². The van der Waals surface area contributed by atoms with Gasteiger partial charge in [0.1, 0.15) is 0 Å². The van der Waals surface area contributed by atoms with Crippen molar-refractivity contribution in [3.63, 3.8) is 0 Å². The van der Waals surface area contributed by atoms with Gasteiger partial charge in [0, 0.05) is 12.1 Å². The monoisotopic (exact) mass is 250 g/mol. The summed E-state index contributed by atoms with van der Waals surface area (Å²) in [5.74, 6) is 1.71. The van der Waals surface area contributed by atoms with Gasteiger partial charge in [0.05, 0.1) is 0 Å². The van der Waals surface area contributed by atoms with Crippen LogP contribution >= 0.6 is 0 Å².